The predicted octanol–water partition coefficient (Wildman–Crippen LogP) is 0.762. The van der Waals surface area contributed by atoms with Crippen LogP contribution in [0.5, 0.6) is 0 Å². The van der Waals surface area contributed by atoms with E-state index in [4.69, 9.17) is 27.5 Å². The highest BCUT2D eigenvalue weighted by Gasteiger charge is 2.23. The van der Waals surface area contributed by atoms with Crippen molar-refractivity contribution >= 4 is 23.5 Å². The Balaban J connectivity index is 2.43. The van der Waals surface area contributed by atoms with Gasteiger partial charge in [0.2, 0.25) is 0 Å². The van der Waals surface area contributed by atoms with Gasteiger partial charge >= 0.3 is 6.09 Å². The van der Waals surface area contributed by atoms with Gasteiger partial charge < -0.3 is 15.4 Å². The van der Waals surface area contributed by atoms with Gasteiger partial charge in [-0.2, -0.15) is 0 Å². The molecule has 6 heteroatoms. The van der Waals surface area contributed by atoms with Crippen LogP contribution in [0, 0.1) is 5.41 Å². The van der Waals surface area contributed by atoms with Crippen LogP contribution in [-0.4, -0.2) is 41.9 Å². The molecule has 1 amide bonds. The van der Waals surface area contributed by atoms with Gasteiger partial charge in [0.05, 0.1) is 12.4 Å². The molecule has 0 aliphatic carbocycles. The number of halogens is 1. The number of amides is 1. The molecule has 0 bridgehead atoms. The van der Waals surface area contributed by atoms with Crippen LogP contribution in [0.15, 0.2) is 0 Å². The molecule has 1 unspecified atom stereocenters. The van der Waals surface area contributed by atoms with Gasteiger partial charge in [-0.25, -0.2) is 4.79 Å². The summed E-state index contributed by atoms with van der Waals surface area (Å²) in [5.74, 6) is 0.549. The zero-order valence-electron chi connectivity index (χ0n) is 7.83. The number of nitrogens with zero attached hydrogens (tertiary/aromatic N) is 1. The fraction of sp³-hybridized carbons (Fsp3) is 0.750. The van der Waals surface area contributed by atoms with Gasteiger partial charge in [0.15, 0.2) is 0 Å². The van der Waals surface area contributed by atoms with E-state index in [0.29, 0.717) is 12.4 Å². The van der Waals surface area contributed by atoms with E-state index in [9.17, 15) is 4.79 Å². The molecule has 1 fully saturated rings. The van der Waals surface area contributed by atoms with Crippen molar-refractivity contribution in [2.75, 3.05) is 19.0 Å². The quantitative estimate of drug-likeness (QED) is 0.409. The lowest BCUT2D eigenvalue weighted by Crippen LogP contribution is -2.44. The van der Waals surface area contributed by atoms with Crippen molar-refractivity contribution in [1.29, 1.82) is 5.41 Å². The Kier molecular flexibility index (Phi) is 4.00. The van der Waals surface area contributed by atoms with Crippen LogP contribution in [-0.2, 0) is 4.74 Å². The molecule has 1 heterocycles. The summed E-state index contributed by atoms with van der Waals surface area (Å²) in [7, 11) is 0. The van der Waals surface area contributed by atoms with Gasteiger partial charge in [-0.05, 0) is 12.8 Å². The number of hydrogen-bond acceptors (Lipinski definition) is 3. The Morgan fingerprint density at radius 1 is 1.71 bits per heavy atom. The number of ether oxygens (including phenoxy) is 1. The van der Waals surface area contributed by atoms with E-state index >= 15 is 0 Å². The maximum Gasteiger partial charge on any atom is 0.404 e. The number of nitrogens with two attached hydrogens (primary N) is 1. The molecule has 14 heavy (non-hydrogen) atoms. The first-order valence-electron chi connectivity index (χ1n) is 4.48. The predicted molar refractivity (Wildman–Crippen MR) is 53.7 cm³/mol. The molecule has 0 aromatic carbocycles. The van der Waals surface area contributed by atoms with Crippen molar-refractivity contribution in [2.24, 2.45) is 5.73 Å². The molecule has 80 valence electrons. The Hall–Kier alpha value is -0.970. The lowest BCUT2D eigenvalue weighted by Gasteiger charge is -2.33. The van der Waals surface area contributed by atoms with Crippen molar-refractivity contribution in [3.05, 3.63) is 0 Å². The van der Waals surface area contributed by atoms with Crippen LogP contribution in [0.25, 0.3) is 0 Å². The SMILES string of the molecule is N=C(CCl)N1CCCC(OC(N)=O)C1. The third kappa shape index (κ3) is 3.06. The molecule has 0 saturated carbocycles. The van der Waals surface area contributed by atoms with Crippen LogP contribution >= 0.6 is 11.6 Å². The van der Waals surface area contributed by atoms with Crippen molar-refractivity contribution in [1.82, 2.24) is 4.90 Å². The van der Waals surface area contributed by atoms with Crippen LogP contribution in [0.4, 0.5) is 4.79 Å². The summed E-state index contributed by atoms with van der Waals surface area (Å²) >= 11 is 5.54. The van der Waals surface area contributed by atoms with Crippen molar-refractivity contribution in [2.45, 2.75) is 18.9 Å². The number of carbonyl (C=O) groups excluding carboxylic acids is 1. The van der Waals surface area contributed by atoms with E-state index in [0.717, 1.165) is 19.4 Å². The normalized spacial score (nSPS) is 21.8. The van der Waals surface area contributed by atoms with Crippen LogP contribution in [0.3, 0.4) is 0 Å². The van der Waals surface area contributed by atoms with E-state index in [2.05, 4.69) is 0 Å². The number of primary amides is 1. The third-order valence-corrected chi connectivity index (χ3v) is 2.42. The zero-order valence-corrected chi connectivity index (χ0v) is 8.59. The maximum absolute atomic E-state index is 10.5. The second-order valence-electron chi connectivity index (χ2n) is 3.23. The summed E-state index contributed by atoms with van der Waals surface area (Å²) in [5.41, 5.74) is 4.92. The topological polar surface area (TPSA) is 79.4 Å². The molecule has 0 spiro atoms. The minimum atomic E-state index is -0.755. The molecule has 0 aromatic rings. The van der Waals surface area contributed by atoms with Crippen LogP contribution in [0.1, 0.15) is 12.8 Å². The first-order valence-corrected chi connectivity index (χ1v) is 5.01. The number of piperidine rings is 1. The molecule has 1 rings (SSSR count). The standard InChI is InChI=1S/C8H14ClN3O2/c9-4-7(10)12-3-1-2-6(5-12)14-8(11)13/h6,10H,1-5H2,(H2,11,13). The summed E-state index contributed by atoms with van der Waals surface area (Å²) in [6, 6.07) is 0. The number of carbonyl (C=O) groups is 1. The second-order valence-corrected chi connectivity index (χ2v) is 3.49. The molecule has 0 radical (unpaired) electrons. The average molecular weight is 220 g/mol. The van der Waals surface area contributed by atoms with E-state index in [1.807, 2.05) is 4.90 Å². The number of hydrogen-bond donors (Lipinski definition) is 2. The number of rotatable bonds is 2. The fourth-order valence-electron chi connectivity index (χ4n) is 1.53. The van der Waals surface area contributed by atoms with Crippen molar-refractivity contribution in [3.8, 4) is 0 Å². The third-order valence-electron chi connectivity index (χ3n) is 2.17. The van der Waals surface area contributed by atoms with Gasteiger partial charge in [-0.1, -0.05) is 0 Å². The van der Waals surface area contributed by atoms with E-state index in [-0.39, 0.29) is 12.0 Å². The molecule has 1 atom stereocenters. The number of alkyl halides is 1. The second kappa shape index (κ2) is 5.05. The molecular weight excluding hydrogens is 206 g/mol. The van der Waals surface area contributed by atoms with Crippen molar-refractivity contribution < 1.29 is 9.53 Å². The lowest BCUT2D eigenvalue weighted by molar-refractivity contribution is 0.0678. The van der Waals surface area contributed by atoms with Crippen LogP contribution in [0.2, 0.25) is 0 Å². The highest BCUT2D eigenvalue weighted by molar-refractivity contribution is 6.27. The summed E-state index contributed by atoms with van der Waals surface area (Å²) in [5, 5.41) is 7.53. The molecular formula is C8H14ClN3O2. The molecule has 0 aromatic heterocycles. The minimum Gasteiger partial charge on any atom is -0.445 e. The number of nitrogens with one attached hydrogen (secondary N) is 1. The molecule has 3 N–H and O–H groups in total. The summed E-state index contributed by atoms with van der Waals surface area (Å²) in [6.45, 7) is 1.32. The average Bonchev–Trinajstić information content (AvgIpc) is 2.16. The van der Waals surface area contributed by atoms with E-state index in [1.165, 1.54) is 0 Å². The van der Waals surface area contributed by atoms with E-state index in [1.54, 1.807) is 0 Å². The first kappa shape index (κ1) is 11.1. The highest BCUT2D eigenvalue weighted by atomic mass is 35.5. The summed E-state index contributed by atoms with van der Waals surface area (Å²) < 4.78 is 4.87. The van der Waals surface area contributed by atoms with Gasteiger partial charge in [-0.15, -0.1) is 11.6 Å². The molecule has 1 saturated heterocycles. The number of amidine groups is 1. The zero-order chi connectivity index (χ0) is 10.6. The van der Waals surface area contributed by atoms with Gasteiger partial charge in [0.25, 0.3) is 0 Å². The van der Waals surface area contributed by atoms with Gasteiger partial charge in [0, 0.05) is 6.54 Å². The molecule has 1 aliphatic heterocycles. The molecule has 5 nitrogen and oxygen atoms in total. The van der Waals surface area contributed by atoms with Crippen molar-refractivity contribution in [3.63, 3.8) is 0 Å². The van der Waals surface area contributed by atoms with Crippen LogP contribution < -0.4 is 5.73 Å². The smallest absolute Gasteiger partial charge is 0.404 e. The first-order chi connectivity index (χ1) is 6.63. The minimum absolute atomic E-state index is 0.184. The Labute approximate surface area is 87.7 Å². The Bertz CT molecular complexity index is 235. The summed E-state index contributed by atoms with van der Waals surface area (Å²) in [6.07, 6.45) is 0.728. The monoisotopic (exact) mass is 219 g/mol. The van der Waals surface area contributed by atoms with E-state index < -0.39 is 6.09 Å². The fourth-order valence-corrected chi connectivity index (χ4v) is 1.70. The largest absolute Gasteiger partial charge is 0.445 e. The molecule has 1 aliphatic rings. The summed E-state index contributed by atoms with van der Waals surface area (Å²) in [4.78, 5) is 12.3. The highest BCUT2D eigenvalue weighted by Crippen LogP contribution is 2.13. The maximum atomic E-state index is 10.5. The lowest BCUT2D eigenvalue weighted by atomic mass is 10.1. The van der Waals surface area contributed by atoms with Gasteiger partial charge in [-0.3, -0.25) is 5.41 Å². The number of likely N-dealkylation sites (tertiary alicyclic amines) is 1. The Morgan fingerprint density at radius 3 is 3.00 bits per heavy atom. The Morgan fingerprint density at radius 2 is 2.43 bits per heavy atom. The van der Waals surface area contributed by atoms with Gasteiger partial charge in [0.1, 0.15) is 11.9 Å².